The third kappa shape index (κ3) is 20.9. The number of aromatic nitrogens is 2. The van der Waals surface area contributed by atoms with Crippen molar-refractivity contribution in [3.63, 3.8) is 0 Å². The standard InChI is InChI=1S/C45H70N16O12/c1-25(62)37(44(72)73)60-40(68)28(11-5-6-16-46)55-42(70)32(20-27-22-51-24-54-27)58-39(67)30(14-15-34(48)63)57-38(66)29(12-7-17-52-45(49)50)56-41(69)31(19-26-9-3-2-4-10-26)59-43(71)33-13-8-18-61(33)36(65)23-53-35(64)21-47/h2-4,9-10,22,24-25,28-33,37,62H,5-8,11-21,23,46-47H2,1H3,(H2,48,63)(H,51,54)(H,53,64)(H,55,70)(H,56,69)(H,57,66)(H,58,67)(H,59,71)(H,60,68)(H,72,73)(H4,49,50,52)/t25-,28+,29+,30+,31+,32+,33+,37+/m1/s1. The summed E-state index contributed by atoms with van der Waals surface area (Å²) in [4.78, 5) is 145. The first-order valence-electron chi connectivity index (χ1n) is 23.8. The minimum atomic E-state index is -1.73. The van der Waals surface area contributed by atoms with E-state index < -0.39 is 127 Å². The van der Waals surface area contributed by atoms with Crippen molar-refractivity contribution in [2.75, 3.05) is 32.7 Å². The van der Waals surface area contributed by atoms with Gasteiger partial charge in [0.15, 0.2) is 12.0 Å². The Kier molecular flexibility index (Phi) is 25.2. The lowest BCUT2D eigenvalue weighted by Gasteiger charge is -2.28. The number of primary amides is 1. The first kappa shape index (κ1) is 59.6. The number of aliphatic carboxylic acids is 1. The molecule has 0 saturated carbocycles. The van der Waals surface area contributed by atoms with E-state index in [2.05, 4.69) is 52.2 Å². The second kappa shape index (κ2) is 30.9. The smallest absolute Gasteiger partial charge is 0.328 e. The fraction of sp³-hybridized carbons (Fsp3) is 0.556. The molecule has 8 atom stereocenters. The van der Waals surface area contributed by atoms with Gasteiger partial charge >= 0.3 is 5.97 Å². The molecule has 0 spiro atoms. The van der Waals surface area contributed by atoms with Crippen LogP contribution in [0.5, 0.6) is 0 Å². The molecule has 73 heavy (non-hydrogen) atoms. The summed E-state index contributed by atoms with van der Waals surface area (Å²) in [5.74, 6) is -9.10. The summed E-state index contributed by atoms with van der Waals surface area (Å²) in [6.45, 7) is 0.844. The Morgan fingerprint density at radius 3 is 1.89 bits per heavy atom. The molecule has 0 bridgehead atoms. The van der Waals surface area contributed by atoms with Crippen molar-refractivity contribution in [1.82, 2.24) is 52.1 Å². The van der Waals surface area contributed by atoms with Crippen molar-refractivity contribution < 1.29 is 58.2 Å². The average Bonchev–Trinajstić information content (AvgIpc) is 4.07. The lowest BCUT2D eigenvalue weighted by molar-refractivity contribution is -0.145. The van der Waals surface area contributed by atoms with Crippen LogP contribution in [-0.4, -0.2) is 171 Å². The van der Waals surface area contributed by atoms with Crippen LogP contribution in [0.3, 0.4) is 0 Å². The van der Waals surface area contributed by atoms with E-state index in [0.717, 1.165) is 6.92 Å². The fourth-order valence-corrected chi connectivity index (χ4v) is 7.66. The first-order valence-corrected chi connectivity index (χ1v) is 23.8. The molecule has 2 aromatic rings. The van der Waals surface area contributed by atoms with Gasteiger partial charge in [0.2, 0.25) is 53.2 Å². The maximum atomic E-state index is 14.4. The zero-order valence-electron chi connectivity index (χ0n) is 40.7. The SMILES string of the molecule is C[C@@H](O)[C@H](NC(=O)[C@H](CCCCN)NC(=O)[C@H](Cc1cnc[nH]1)NC(=O)[C@H](CCC(N)=O)NC(=O)[C@H](CCCN=C(N)N)NC(=O)[C@H](Cc1ccccc1)NC(=O)[C@@H]1CCCN1C(=O)CNC(=O)CN)C(=O)O. The molecule has 402 valence electrons. The molecule has 0 radical (unpaired) electrons. The Morgan fingerprint density at radius 1 is 0.767 bits per heavy atom. The molecule has 1 aromatic carbocycles. The summed E-state index contributed by atoms with van der Waals surface area (Å²) in [7, 11) is 0. The largest absolute Gasteiger partial charge is 0.480 e. The first-order chi connectivity index (χ1) is 34.7. The zero-order valence-corrected chi connectivity index (χ0v) is 40.7. The fourth-order valence-electron chi connectivity index (χ4n) is 7.66. The summed E-state index contributed by atoms with van der Waals surface area (Å²) in [5, 5.41) is 37.2. The van der Waals surface area contributed by atoms with E-state index in [1.165, 1.54) is 17.4 Å². The van der Waals surface area contributed by atoms with Crippen LogP contribution in [0, 0.1) is 0 Å². The van der Waals surface area contributed by atoms with Crippen molar-refractivity contribution in [3.05, 3.63) is 54.1 Å². The molecule has 2 heterocycles. The zero-order chi connectivity index (χ0) is 54.0. The number of guanidine groups is 1. The summed E-state index contributed by atoms with van der Waals surface area (Å²) in [6.07, 6.45) is 1.34. The van der Waals surface area contributed by atoms with Crippen LogP contribution in [0.25, 0.3) is 0 Å². The lowest BCUT2D eigenvalue weighted by atomic mass is 10.0. The van der Waals surface area contributed by atoms with E-state index in [4.69, 9.17) is 28.7 Å². The summed E-state index contributed by atoms with van der Waals surface area (Å²) < 4.78 is 0. The molecule has 0 aliphatic carbocycles. The number of unbranched alkanes of at least 4 members (excludes halogenated alkanes) is 1. The van der Waals surface area contributed by atoms with E-state index in [0.29, 0.717) is 30.5 Å². The Balaban J connectivity index is 1.95. The average molecular weight is 1030 g/mol. The molecular formula is C45H70N16O12. The lowest BCUT2D eigenvalue weighted by Crippen LogP contribution is -2.60. The van der Waals surface area contributed by atoms with E-state index >= 15 is 0 Å². The van der Waals surface area contributed by atoms with Crippen LogP contribution in [0.4, 0.5) is 0 Å². The predicted molar refractivity (Wildman–Crippen MR) is 261 cm³/mol. The number of aliphatic hydroxyl groups excluding tert-OH is 1. The van der Waals surface area contributed by atoms with Crippen molar-refractivity contribution in [1.29, 1.82) is 0 Å². The number of carboxylic acids is 1. The molecule has 1 aliphatic heterocycles. The third-order valence-electron chi connectivity index (χ3n) is 11.5. The number of likely N-dealkylation sites (tertiary alicyclic amines) is 1. The Morgan fingerprint density at radius 2 is 1.34 bits per heavy atom. The molecule has 1 fully saturated rings. The normalized spacial score (nSPS) is 15.9. The Bertz CT molecular complexity index is 2210. The van der Waals surface area contributed by atoms with Crippen molar-refractivity contribution in [2.24, 2.45) is 33.7 Å². The van der Waals surface area contributed by atoms with Gasteiger partial charge in [0.05, 0.1) is 25.5 Å². The van der Waals surface area contributed by atoms with Gasteiger partial charge in [-0.05, 0) is 70.4 Å². The van der Waals surface area contributed by atoms with Crippen LogP contribution in [-0.2, 0) is 60.8 Å². The molecule has 1 saturated heterocycles. The highest BCUT2D eigenvalue weighted by atomic mass is 16.4. The molecular weight excluding hydrogens is 957 g/mol. The topological polar surface area (TPSA) is 470 Å². The number of imidazole rings is 1. The van der Waals surface area contributed by atoms with Gasteiger partial charge < -0.3 is 86.0 Å². The van der Waals surface area contributed by atoms with Crippen molar-refractivity contribution in [2.45, 2.75) is 126 Å². The second-order valence-corrected chi connectivity index (χ2v) is 17.3. The van der Waals surface area contributed by atoms with Gasteiger partial charge in [0.25, 0.3) is 0 Å². The molecule has 0 unspecified atom stereocenters. The van der Waals surface area contributed by atoms with E-state index in [1.54, 1.807) is 30.3 Å². The minimum Gasteiger partial charge on any atom is -0.480 e. The molecule has 3 rings (SSSR count). The van der Waals surface area contributed by atoms with Crippen LogP contribution >= 0.6 is 0 Å². The third-order valence-corrected chi connectivity index (χ3v) is 11.5. The second-order valence-electron chi connectivity index (χ2n) is 17.3. The number of aliphatic hydroxyl groups is 1. The highest BCUT2D eigenvalue weighted by Gasteiger charge is 2.38. The molecule has 20 N–H and O–H groups in total. The van der Waals surface area contributed by atoms with Gasteiger partial charge in [-0.3, -0.25) is 48.1 Å². The number of carbonyl (C=O) groups excluding carboxylic acids is 9. The van der Waals surface area contributed by atoms with Gasteiger partial charge in [-0.15, -0.1) is 0 Å². The van der Waals surface area contributed by atoms with Gasteiger partial charge in [0, 0.05) is 44.2 Å². The molecule has 28 nitrogen and oxygen atoms in total. The van der Waals surface area contributed by atoms with Gasteiger partial charge in [-0.2, -0.15) is 0 Å². The molecule has 28 heteroatoms. The highest BCUT2D eigenvalue weighted by molar-refractivity contribution is 5.98. The van der Waals surface area contributed by atoms with Gasteiger partial charge in [-0.1, -0.05) is 30.3 Å². The number of aromatic amines is 1. The highest BCUT2D eigenvalue weighted by Crippen LogP contribution is 2.18. The minimum absolute atomic E-state index is 0.000648. The quantitative estimate of drug-likeness (QED) is 0.0184. The maximum Gasteiger partial charge on any atom is 0.328 e. The summed E-state index contributed by atoms with van der Waals surface area (Å²) in [6, 6.07) is -1.40. The molecule has 1 aromatic heterocycles. The van der Waals surface area contributed by atoms with Crippen LogP contribution < -0.4 is 65.9 Å². The number of nitrogens with two attached hydrogens (primary N) is 5. The number of benzene rings is 1. The predicted octanol–water partition coefficient (Wildman–Crippen LogP) is -5.92. The van der Waals surface area contributed by atoms with Crippen LogP contribution in [0.15, 0.2) is 47.8 Å². The number of carboxylic acid groups (broad SMARTS) is 1. The Labute approximate surface area is 420 Å². The van der Waals surface area contributed by atoms with E-state index in [-0.39, 0.29) is 70.7 Å². The number of carbonyl (C=O) groups is 10. The van der Waals surface area contributed by atoms with Gasteiger partial charge in [0.1, 0.15) is 36.3 Å². The van der Waals surface area contributed by atoms with Crippen LogP contribution in [0.2, 0.25) is 0 Å². The number of H-pyrrole nitrogens is 1. The number of amides is 9. The summed E-state index contributed by atoms with van der Waals surface area (Å²) >= 11 is 0. The molecule has 1 aliphatic rings. The number of nitrogens with one attached hydrogen (secondary N) is 8. The monoisotopic (exact) mass is 1030 g/mol. The summed E-state index contributed by atoms with van der Waals surface area (Å²) in [5.41, 5.74) is 28.4. The number of aliphatic imine (C=N–C) groups is 1. The van der Waals surface area contributed by atoms with Crippen molar-refractivity contribution in [3.8, 4) is 0 Å². The number of hydrogen-bond donors (Lipinski definition) is 15. The Hall–Kier alpha value is -7.72. The van der Waals surface area contributed by atoms with Crippen LogP contribution in [0.1, 0.15) is 76.0 Å². The van der Waals surface area contributed by atoms with E-state index in [1.807, 2.05) is 0 Å². The maximum absolute atomic E-state index is 14.4. The van der Waals surface area contributed by atoms with Crippen molar-refractivity contribution >= 4 is 65.1 Å². The number of nitrogens with zero attached hydrogens (tertiary/aromatic N) is 3. The van der Waals surface area contributed by atoms with Gasteiger partial charge in [-0.25, -0.2) is 9.78 Å². The number of rotatable bonds is 32. The van der Waals surface area contributed by atoms with E-state index in [9.17, 15) is 58.2 Å². The number of hydrogen-bond acceptors (Lipinski definition) is 15. The molecule has 9 amide bonds.